The second-order valence-corrected chi connectivity index (χ2v) is 13.0. The van der Waals surface area contributed by atoms with Crippen LogP contribution in [0.3, 0.4) is 0 Å². The van der Waals surface area contributed by atoms with Gasteiger partial charge in [-0.15, -0.1) is 4.76 Å². The topological polar surface area (TPSA) is 175 Å². The zero-order valence-corrected chi connectivity index (χ0v) is 27.1. The molecule has 15 heteroatoms. The van der Waals surface area contributed by atoms with E-state index >= 15 is 0 Å². The molecule has 0 aliphatic rings. The number of carbonyl (C=O) groups is 3. The van der Waals surface area contributed by atoms with E-state index in [0.717, 1.165) is 6.42 Å². The Hall–Kier alpha value is -2.57. The maximum Gasteiger partial charge on any atom is 0.510 e. The predicted octanol–water partition coefficient (Wildman–Crippen LogP) is 5.59. The largest absolute Gasteiger partial charge is 0.510 e. The summed E-state index contributed by atoms with van der Waals surface area (Å²) >= 11 is 0. The Balaban J connectivity index is 6.37. The Kier molecular flexibility index (Phi) is 16.9. The molecular weight excluding hydrogens is 561 g/mol. The lowest BCUT2D eigenvalue weighted by Crippen LogP contribution is -2.40. The van der Waals surface area contributed by atoms with Crippen LogP contribution < -0.4 is 5.73 Å². The van der Waals surface area contributed by atoms with Crippen LogP contribution in [0.2, 0.25) is 0 Å². The van der Waals surface area contributed by atoms with Crippen molar-refractivity contribution in [3.05, 3.63) is 0 Å². The molecule has 0 bridgehead atoms. The van der Waals surface area contributed by atoms with Crippen LogP contribution in [-0.4, -0.2) is 75.1 Å². The maximum absolute atomic E-state index is 14.2. The summed E-state index contributed by atoms with van der Waals surface area (Å²) in [4.78, 5) is 37.9. The summed E-state index contributed by atoms with van der Waals surface area (Å²) in [5.74, 6) is -0.997. The lowest BCUT2D eigenvalue weighted by molar-refractivity contribution is -0.152. The van der Waals surface area contributed by atoms with Crippen molar-refractivity contribution >= 4 is 32.0 Å². The van der Waals surface area contributed by atoms with Crippen molar-refractivity contribution in [1.29, 1.82) is 0 Å². The molecule has 0 aliphatic heterocycles. The van der Waals surface area contributed by atoms with Crippen LogP contribution in [0.1, 0.15) is 88.0 Å². The fourth-order valence-corrected chi connectivity index (χ4v) is 4.24. The number of nitrogens with zero attached hydrogens (tertiary/aromatic N) is 2. The molecule has 0 amide bonds. The molecule has 0 aromatic rings. The number of carbonyl (C=O) groups excluding carboxylic acids is 3. The lowest BCUT2D eigenvalue weighted by Gasteiger charge is -2.34. The SMILES string of the molecule is CCCCOC(=O)CN(C)/C(N)=N/P(=O)(OC(OC(=O)OCCC)C(C)(C)C)OC(OC(=O)OCCC)C(C)(C)C. The van der Waals surface area contributed by atoms with Crippen LogP contribution >= 0.6 is 7.75 Å². The van der Waals surface area contributed by atoms with E-state index in [-0.39, 0.29) is 26.4 Å². The number of ether oxygens (including phenoxy) is 5. The summed E-state index contributed by atoms with van der Waals surface area (Å²) in [7, 11) is -3.34. The van der Waals surface area contributed by atoms with Gasteiger partial charge in [-0.2, -0.15) is 0 Å². The standard InChI is InChI=1S/C26H50N3O11P/c1-11-14-17-34-19(30)18-29(10)22(27)28-41(33,39-20(25(4,5)6)37-23(31)35-15-12-2)40-21(26(7,8)9)38-24(32)36-16-13-3/h20-21H,11-18H2,1-10H3,(H2,27,28,33). The first kappa shape index (κ1) is 38.4. The van der Waals surface area contributed by atoms with Crippen LogP contribution in [0.5, 0.6) is 0 Å². The third kappa shape index (κ3) is 16.5. The first-order valence-electron chi connectivity index (χ1n) is 13.7. The highest BCUT2D eigenvalue weighted by atomic mass is 31.2. The molecule has 0 aromatic heterocycles. The predicted molar refractivity (Wildman–Crippen MR) is 152 cm³/mol. The lowest BCUT2D eigenvalue weighted by atomic mass is 9.96. The van der Waals surface area contributed by atoms with Gasteiger partial charge in [-0.25, -0.2) is 23.2 Å². The Morgan fingerprint density at radius 1 is 0.780 bits per heavy atom. The van der Waals surface area contributed by atoms with E-state index in [2.05, 4.69) is 4.76 Å². The van der Waals surface area contributed by atoms with Gasteiger partial charge in [0.25, 0.3) is 0 Å². The van der Waals surface area contributed by atoms with Crippen molar-refractivity contribution in [1.82, 2.24) is 4.90 Å². The second kappa shape index (κ2) is 18.1. The van der Waals surface area contributed by atoms with Crippen molar-refractivity contribution in [3.8, 4) is 0 Å². The fraction of sp³-hybridized carbons (Fsp3) is 0.846. The molecule has 2 unspecified atom stereocenters. The third-order valence-electron chi connectivity index (χ3n) is 4.87. The summed E-state index contributed by atoms with van der Waals surface area (Å²) in [6.07, 6.45) is -2.51. The molecular formula is C26H50N3O11P. The average Bonchev–Trinajstić information content (AvgIpc) is 2.84. The maximum atomic E-state index is 14.2. The average molecular weight is 612 g/mol. The molecule has 2 atom stereocenters. The monoisotopic (exact) mass is 611 g/mol. The van der Waals surface area contributed by atoms with Crippen LogP contribution in [0.25, 0.3) is 0 Å². The fourth-order valence-electron chi connectivity index (χ4n) is 2.49. The zero-order valence-electron chi connectivity index (χ0n) is 26.2. The third-order valence-corrected chi connectivity index (χ3v) is 6.24. The number of unbranched alkanes of at least 4 members (excludes halogenated alkanes) is 1. The van der Waals surface area contributed by atoms with Gasteiger partial charge in [-0.3, -0.25) is 4.79 Å². The molecule has 41 heavy (non-hydrogen) atoms. The summed E-state index contributed by atoms with van der Waals surface area (Å²) in [5.41, 5.74) is 4.17. The summed E-state index contributed by atoms with van der Waals surface area (Å²) in [6, 6.07) is 0. The van der Waals surface area contributed by atoms with Crippen molar-refractivity contribution in [2.45, 2.75) is 101 Å². The van der Waals surface area contributed by atoms with Gasteiger partial charge in [-0.05, 0) is 19.3 Å². The summed E-state index contributed by atoms with van der Waals surface area (Å²) in [5, 5.41) is 0. The number of rotatable bonds is 16. The number of hydrogen-bond acceptors (Lipinski definition) is 11. The number of guanidine groups is 1. The number of esters is 1. The van der Waals surface area contributed by atoms with Crippen LogP contribution in [0, 0.1) is 10.8 Å². The second-order valence-electron chi connectivity index (χ2n) is 11.4. The highest BCUT2D eigenvalue weighted by molar-refractivity contribution is 7.52. The minimum absolute atomic E-state index is 0.0912. The molecule has 0 saturated heterocycles. The van der Waals surface area contributed by atoms with Crippen molar-refractivity contribution < 1.29 is 51.7 Å². The Bertz CT molecular complexity index is 854. The van der Waals surface area contributed by atoms with Gasteiger partial charge in [0.1, 0.15) is 6.54 Å². The molecule has 240 valence electrons. The van der Waals surface area contributed by atoms with Gasteiger partial charge < -0.3 is 34.3 Å². The Morgan fingerprint density at radius 2 is 1.22 bits per heavy atom. The van der Waals surface area contributed by atoms with Crippen molar-refractivity contribution in [3.63, 3.8) is 0 Å². The highest BCUT2D eigenvalue weighted by Gasteiger charge is 2.44. The van der Waals surface area contributed by atoms with E-state index in [1.807, 2.05) is 6.92 Å². The number of likely N-dealkylation sites (N-methyl/N-ethyl adjacent to an activating group) is 1. The van der Waals surface area contributed by atoms with Gasteiger partial charge in [0.2, 0.25) is 18.5 Å². The van der Waals surface area contributed by atoms with E-state index in [1.54, 1.807) is 55.4 Å². The Morgan fingerprint density at radius 3 is 1.59 bits per heavy atom. The van der Waals surface area contributed by atoms with Crippen molar-refractivity contribution in [2.75, 3.05) is 33.4 Å². The minimum Gasteiger partial charge on any atom is -0.464 e. The molecule has 0 radical (unpaired) electrons. The highest BCUT2D eigenvalue weighted by Crippen LogP contribution is 2.56. The molecule has 0 fully saturated rings. The van der Waals surface area contributed by atoms with Gasteiger partial charge >= 0.3 is 26.0 Å². The molecule has 0 heterocycles. The van der Waals surface area contributed by atoms with E-state index in [1.165, 1.54) is 11.9 Å². The van der Waals surface area contributed by atoms with E-state index in [9.17, 15) is 18.9 Å². The number of hydrogen-bond donors (Lipinski definition) is 1. The first-order valence-corrected chi connectivity index (χ1v) is 15.2. The van der Waals surface area contributed by atoms with Gasteiger partial charge in [0.15, 0.2) is 0 Å². The number of nitrogens with two attached hydrogens (primary N) is 1. The van der Waals surface area contributed by atoms with Crippen LogP contribution in [0.15, 0.2) is 4.76 Å². The van der Waals surface area contributed by atoms with E-state index < -0.39 is 55.4 Å². The van der Waals surface area contributed by atoms with Gasteiger partial charge in [-0.1, -0.05) is 68.7 Å². The quantitative estimate of drug-likeness (QED) is 0.0435. The van der Waals surface area contributed by atoms with Crippen LogP contribution in [-0.2, 0) is 42.1 Å². The van der Waals surface area contributed by atoms with Gasteiger partial charge in [0, 0.05) is 17.9 Å². The first-order chi connectivity index (χ1) is 18.9. The molecule has 0 rings (SSSR count). The molecule has 0 spiro atoms. The summed E-state index contributed by atoms with van der Waals surface area (Å²) in [6.45, 7) is 15.6. The molecule has 2 N–H and O–H groups in total. The molecule has 0 aromatic carbocycles. The van der Waals surface area contributed by atoms with Gasteiger partial charge in [0.05, 0.1) is 19.8 Å². The zero-order chi connectivity index (χ0) is 31.9. The molecule has 0 aliphatic carbocycles. The minimum atomic E-state index is -4.76. The smallest absolute Gasteiger partial charge is 0.464 e. The van der Waals surface area contributed by atoms with Crippen LogP contribution in [0.4, 0.5) is 9.59 Å². The Labute approximate surface area is 244 Å². The van der Waals surface area contributed by atoms with Crippen molar-refractivity contribution in [2.24, 2.45) is 21.3 Å². The molecule has 14 nitrogen and oxygen atoms in total. The molecule has 0 saturated carbocycles. The van der Waals surface area contributed by atoms with E-state index in [4.69, 9.17) is 38.5 Å². The summed E-state index contributed by atoms with van der Waals surface area (Å²) < 4.78 is 55.3. The normalized spacial score (nSPS) is 15.2. The van der Waals surface area contributed by atoms with E-state index in [0.29, 0.717) is 19.3 Å².